The molecule has 0 atom stereocenters. The van der Waals surface area contributed by atoms with Crippen LogP contribution >= 0.6 is 0 Å². The maximum Gasteiger partial charge on any atom is 0.128 e. The summed E-state index contributed by atoms with van der Waals surface area (Å²) in [6.07, 6.45) is 5.55. The second-order valence-electron chi connectivity index (χ2n) is 2.88. The molecule has 3 heteroatoms. The van der Waals surface area contributed by atoms with Crippen LogP contribution in [0, 0.1) is 0 Å². The third-order valence-electron chi connectivity index (χ3n) is 1.97. The summed E-state index contributed by atoms with van der Waals surface area (Å²) in [5.41, 5.74) is 0. The summed E-state index contributed by atoms with van der Waals surface area (Å²) in [5.74, 6) is 1.01. The Bertz CT molecular complexity index is 213. The Hall–Kier alpha value is -1.09. The van der Waals surface area contributed by atoms with Crippen LogP contribution in [0.2, 0.25) is 0 Å². The summed E-state index contributed by atoms with van der Waals surface area (Å²) in [5, 5.41) is 3.31. The molecule has 0 radical (unpaired) electrons. The standard InChI is InChI=1S/C10H17N3.C2H6/c1-3-5-10(12-4-2)13-8-6-11-7-9-13;1-2/h3-5,11H,1,6-9H2,2H3;1-2H3/b10-5+,12-4-;. The summed E-state index contributed by atoms with van der Waals surface area (Å²) in [7, 11) is 0. The number of hydrogen-bond acceptors (Lipinski definition) is 3. The fourth-order valence-electron chi connectivity index (χ4n) is 1.36. The van der Waals surface area contributed by atoms with E-state index in [4.69, 9.17) is 0 Å². The SMILES string of the molecule is C=C/C=C(\N=C/C)N1CCNCC1.CC. The van der Waals surface area contributed by atoms with E-state index < -0.39 is 0 Å². The Morgan fingerprint density at radius 1 is 1.33 bits per heavy atom. The van der Waals surface area contributed by atoms with Gasteiger partial charge < -0.3 is 10.2 Å². The number of nitrogens with one attached hydrogen (secondary N) is 1. The van der Waals surface area contributed by atoms with Crippen LogP contribution in [0.5, 0.6) is 0 Å². The number of hydrogen-bond donors (Lipinski definition) is 1. The summed E-state index contributed by atoms with van der Waals surface area (Å²) >= 11 is 0. The average molecular weight is 209 g/mol. The lowest BCUT2D eigenvalue weighted by Crippen LogP contribution is -2.42. The summed E-state index contributed by atoms with van der Waals surface area (Å²) < 4.78 is 0. The van der Waals surface area contributed by atoms with Crippen molar-refractivity contribution in [2.24, 2.45) is 4.99 Å². The van der Waals surface area contributed by atoms with Crippen molar-refractivity contribution in [1.82, 2.24) is 10.2 Å². The van der Waals surface area contributed by atoms with Gasteiger partial charge in [0.25, 0.3) is 0 Å². The first kappa shape index (κ1) is 13.9. The molecule has 0 spiro atoms. The van der Waals surface area contributed by atoms with Crippen LogP contribution < -0.4 is 5.32 Å². The van der Waals surface area contributed by atoms with Crippen LogP contribution in [-0.4, -0.2) is 37.3 Å². The van der Waals surface area contributed by atoms with Gasteiger partial charge in [0.2, 0.25) is 0 Å². The third kappa shape index (κ3) is 5.37. The monoisotopic (exact) mass is 209 g/mol. The minimum absolute atomic E-state index is 1.01. The van der Waals surface area contributed by atoms with Crippen molar-refractivity contribution in [3.63, 3.8) is 0 Å². The predicted octanol–water partition coefficient (Wildman–Crippen LogP) is 2.04. The molecule has 0 aromatic carbocycles. The van der Waals surface area contributed by atoms with Gasteiger partial charge in [0.05, 0.1) is 0 Å². The van der Waals surface area contributed by atoms with Gasteiger partial charge >= 0.3 is 0 Å². The fraction of sp³-hybridized carbons (Fsp3) is 0.583. The fourth-order valence-corrected chi connectivity index (χ4v) is 1.36. The van der Waals surface area contributed by atoms with Crippen LogP contribution in [0.3, 0.4) is 0 Å². The first-order chi connectivity index (χ1) is 7.38. The van der Waals surface area contributed by atoms with Gasteiger partial charge in [-0.3, -0.25) is 0 Å². The molecule has 0 amide bonds. The zero-order valence-corrected chi connectivity index (χ0v) is 10.2. The normalized spacial score (nSPS) is 17.3. The van der Waals surface area contributed by atoms with Crippen LogP contribution in [0.25, 0.3) is 0 Å². The van der Waals surface area contributed by atoms with Crippen molar-refractivity contribution >= 4 is 6.21 Å². The maximum absolute atomic E-state index is 4.30. The molecule has 0 aromatic rings. The van der Waals surface area contributed by atoms with Crippen molar-refractivity contribution < 1.29 is 0 Å². The molecule has 1 fully saturated rings. The van der Waals surface area contributed by atoms with Crippen molar-refractivity contribution in [2.75, 3.05) is 26.2 Å². The second kappa shape index (κ2) is 9.46. The Morgan fingerprint density at radius 2 is 1.93 bits per heavy atom. The van der Waals surface area contributed by atoms with Gasteiger partial charge in [0.1, 0.15) is 5.82 Å². The molecule has 1 saturated heterocycles. The van der Waals surface area contributed by atoms with Gasteiger partial charge in [-0.1, -0.05) is 26.5 Å². The van der Waals surface area contributed by atoms with Crippen molar-refractivity contribution in [2.45, 2.75) is 20.8 Å². The van der Waals surface area contributed by atoms with E-state index in [1.165, 1.54) is 0 Å². The zero-order valence-electron chi connectivity index (χ0n) is 10.2. The number of aliphatic imine (C=N–C) groups is 1. The third-order valence-corrected chi connectivity index (χ3v) is 1.97. The Morgan fingerprint density at radius 3 is 2.40 bits per heavy atom. The highest BCUT2D eigenvalue weighted by Crippen LogP contribution is 2.06. The molecule has 0 bridgehead atoms. The zero-order chi connectivity index (χ0) is 11.5. The minimum Gasteiger partial charge on any atom is -0.354 e. The van der Waals surface area contributed by atoms with Gasteiger partial charge in [0.15, 0.2) is 0 Å². The summed E-state index contributed by atoms with van der Waals surface area (Å²) in [6.45, 7) is 13.7. The van der Waals surface area contributed by atoms with Crippen molar-refractivity contribution in [3.05, 3.63) is 24.6 Å². The topological polar surface area (TPSA) is 27.6 Å². The van der Waals surface area contributed by atoms with Gasteiger partial charge in [-0.05, 0) is 13.0 Å². The molecule has 0 unspecified atom stereocenters. The Balaban J connectivity index is 0.000000921. The van der Waals surface area contributed by atoms with E-state index in [9.17, 15) is 0 Å². The van der Waals surface area contributed by atoms with E-state index in [0.717, 1.165) is 32.0 Å². The minimum atomic E-state index is 1.01. The summed E-state index contributed by atoms with van der Waals surface area (Å²) in [4.78, 5) is 6.56. The predicted molar refractivity (Wildman–Crippen MR) is 68.2 cm³/mol. The van der Waals surface area contributed by atoms with Gasteiger partial charge in [-0.25, -0.2) is 4.99 Å². The highest BCUT2D eigenvalue weighted by Gasteiger charge is 2.10. The molecule has 3 nitrogen and oxygen atoms in total. The number of piperazine rings is 1. The van der Waals surface area contributed by atoms with Crippen LogP contribution in [0.15, 0.2) is 29.5 Å². The molecule has 1 aliphatic heterocycles. The van der Waals surface area contributed by atoms with E-state index in [-0.39, 0.29) is 0 Å². The largest absolute Gasteiger partial charge is 0.354 e. The van der Waals surface area contributed by atoms with Gasteiger partial charge in [0, 0.05) is 32.4 Å². The smallest absolute Gasteiger partial charge is 0.128 e. The molecule has 1 heterocycles. The van der Waals surface area contributed by atoms with Crippen LogP contribution in [0.4, 0.5) is 0 Å². The van der Waals surface area contributed by atoms with Crippen molar-refractivity contribution in [3.8, 4) is 0 Å². The lowest BCUT2D eigenvalue weighted by molar-refractivity contribution is 0.297. The highest BCUT2D eigenvalue weighted by molar-refractivity contribution is 5.55. The molecule has 15 heavy (non-hydrogen) atoms. The number of nitrogens with zero attached hydrogens (tertiary/aromatic N) is 2. The lowest BCUT2D eigenvalue weighted by Gasteiger charge is -2.29. The molecule has 1 rings (SSSR count). The first-order valence-electron chi connectivity index (χ1n) is 5.65. The lowest BCUT2D eigenvalue weighted by atomic mass is 10.3. The molecule has 0 saturated carbocycles. The summed E-state index contributed by atoms with van der Waals surface area (Å²) in [6, 6.07) is 0. The quantitative estimate of drug-likeness (QED) is 0.569. The number of allylic oxidation sites excluding steroid dienone is 2. The van der Waals surface area contributed by atoms with Gasteiger partial charge in [-0.15, -0.1) is 0 Å². The Labute approximate surface area is 93.6 Å². The highest BCUT2D eigenvalue weighted by atomic mass is 15.2. The molecule has 0 aromatic heterocycles. The van der Waals surface area contributed by atoms with E-state index in [1.54, 1.807) is 6.08 Å². The second-order valence-corrected chi connectivity index (χ2v) is 2.88. The molecule has 0 aliphatic carbocycles. The first-order valence-corrected chi connectivity index (χ1v) is 5.65. The van der Waals surface area contributed by atoms with Crippen LogP contribution in [-0.2, 0) is 0 Å². The van der Waals surface area contributed by atoms with E-state index >= 15 is 0 Å². The molecule has 1 aliphatic rings. The van der Waals surface area contributed by atoms with E-state index in [1.807, 2.05) is 33.1 Å². The van der Waals surface area contributed by atoms with E-state index in [0.29, 0.717) is 0 Å². The molecular formula is C12H23N3. The average Bonchev–Trinajstić information content (AvgIpc) is 2.33. The molecule has 86 valence electrons. The molecule has 1 N–H and O–H groups in total. The van der Waals surface area contributed by atoms with Crippen LogP contribution in [0.1, 0.15) is 20.8 Å². The van der Waals surface area contributed by atoms with Gasteiger partial charge in [-0.2, -0.15) is 0 Å². The van der Waals surface area contributed by atoms with E-state index in [2.05, 4.69) is 21.8 Å². The Kier molecular flexibility index (Phi) is 8.78. The maximum atomic E-state index is 4.30. The number of rotatable bonds is 3. The van der Waals surface area contributed by atoms with Crippen molar-refractivity contribution in [1.29, 1.82) is 0 Å². The molecular weight excluding hydrogens is 186 g/mol.